The number of carbonyl (C=O) groups excluding carboxylic acids is 3. The third-order valence-electron chi connectivity index (χ3n) is 4.95. The maximum Gasteiger partial charge on any atom is 0.528 e. The van der Waals surface area contributed by atoms with Gasteiger partial charge in [-0.2, -0.15) is 0 Å². The quantitative estimate of drug-likeness (QED) is 0.522. The Morgan fingerprint density at radius 3 is 2.47 bits per heavy atom. The number of carbonyl (C=O) groups is 3. The summed E-state index contributed by atoms with van der Waals surface area (Å²) in [4.78, 5) is 42.4. The number of nitrogens with zero attached hydrogens (tertiary/aromatic N) is 1. The summed E-state index contributed by atoms with van der Waals surface area (Å²) in [6.07, 6.45) is 0.417. The van der Waals surface area contributed by atoms with E-state index in [0.717, 1.165) is 10.4 Å². The zero-order chi connectivity index (χ0) is 24.9. The van der Waals surface area contributed by atoms with Gasteiger partial charge in [-0.05, 0) is 57.4 Å². The molecule has 3 amide bonds. The molecule has 0 bridgehead atoms. The highest BCUT2D eigenvalue weighted by Gasteiger charge is 2.27. The molecule has 1 aromatic carbocycles. The number of amides is 3. The van der Waals surface area contributed by atoms with Crippen LogP contribution < -0.4 is 21.1 Å². The Morgan fingerprint density at radius 1 is 1.15 bits per heavy atom. The lowest BCUT2D eigenvalue weighted by Crippen LogP contribution is -2.45. The van der Waals surface area contributed by atoms with E-state index in [1.165, 1.54) is 16.4 Å². The van der Waals surface area contributed by atoms with E-state index in [9.17, 15) is 14.4 Å². The summed E-state index contributed by atoms with van der Waals surface area (Å²) in [5.41, 5.74) is 5.86. The van der Waals surface area contributed by atoms with Crippen molar-refractivity contribution in [2.45, 2.75) is 45.3 Å². The number of nitrogens with two attached hydrogens (primary N) is 1. The number of nitrogens with one attached hydrogen (secondary N) is 2. The van der Waals surface area contributed by atoms with Crippen molar-refractivity contribution in [1.82, 2.24) is 10.4 Å². The first-order valence-electron chi connectivity index (χ1n) is 10.9. The molecule has 0 unspecified atom stereocenters. The van der Waals surface area contributed by atoms with Gasteiger partial charge in [0.15, 0.2) is 0 Å². The number of hydroxylamine groups is 2. The lowest BCUT2D eigenvalue weighted by molar-refractivity contribution is -0.152. The molecule has 184 valence electrons. The number of rotatable bonds is 6. The summed E-state index contributed by atoms with van der Waals surface area (Å²) in [6, 6.07) is 8.27. The van der Waals surface area contributed by atoms with Gasteiger partial charge in [-0.25, -0.2) is 9.59 Å². The molecule has 0 aliphatic carbocycles. The Labute approximate surface area is 202 Å². The van der Waals surface area contributed by atoms with Crippen molar-refractivity contribution in [3.05, 3.63) is 35.9 Å². The SMILES string of the molecule is COc1cccc(-c2cc(C(=O)NC3CCN(OC(=O)OC(C)(C)C)CC3)c(NC(N)=O)s2)c1. The van der Waals surface area contributed by atoms with E-state index in [-0.39, 0.29) is 11.9 Å². The molecule has 2 aromatic rings. The second kappa shape index (κ2) is 10.7. The fraction of sp³-hybridized carbons (Fsp3) is 0.435. The number of urea groups is 1. The van der Waals surface area contributed by atoms with Gasteiger partial charge in [0.2, 0.25) is 0 Å². The van der Waals surface area contributed by atoms with E-state index in [2.05, 4.69) is 10.6 Å². The third-order valence-corrected chi connectivity index (χ3v) is 6.05. The molecule has 0 saturated carbocycles. The van der Waals surface area contributed by atoms with E-state index >= 15 is 0 Å². The molecule has 0 spiro atoms. The minimum Gasteiger partial charge on any atom is -0.497 e. The van der Waals surface area contributed by atoms with E-state index < -0.39 is 17.8 Å². The molecule has 1 aromatic heterocycles. The van der Waals surface area contributed by atoms with Gasteiger partial charge >= 0.3 is 12.2 Å². The van der Waals surface area contributed by atoms with Crippen molar-refractivity contribution in [2.24, 2.45) is 5.73 Å². The van der Waals surface area contributed by atoms with Gasteiger partial charge in [0.1, 0.15) is 16.4 Å². The first kappa shape index (κ1) is 25.3. The summed E-state index contributed by atoms with van der Waals surface area (Å²) in [5, 5.41) is 7.44. The van der Waals surface area contributed by atoms with Crippen LogP contribution >= 0.6 is 11.3 Å². The first-order valence-corrected chi connectivity index (χ1v) is 11.7. The standard InChI is InChI=1S/C23H30N4O6S/c1-23(2,3)32-22(30)33-27-10-8-15(9-11-27)25-19(28)17-13-18(34-20(17)26-21(24)29)14-6-5-7-16(12-14)31-4/h5-7,12-13,15H,8-11H2,1-4H3,(H,25,28)(H3,24,26,29). The maximum atomic E-state index is 13.1. The number of hydrogen-bond acceptors (Lipinski definition) is 8. The highest BCUT2D eigenvalue weighted by Crippen LogP contribution is 2.36. The number of primary amides is 1. The third kappa shape index (κ3) is 7.09. The average molecular weight is 491 g/mol. The number of ether oxygens (including phenoxy) is 2. The van der Waals surface area contributed by atoms with Crippen LogP contribution in [-0.4, -0.2) is 55.0 Å². The van der Waals surface area contributed by atoms with Gasteiger partial charge in [-0.3, -0.25) is 10.1 Å². The Kier molecular flexibility index (Phi) is 8.00. The van der Waals surface area contributed by atoms with Crippen molar-refractivity contribution in [2.75, 3.05) is 25.5 Å². The molecule has 10 nitrogen and oxygen atoms in total. The summed E-state index contributed by atoms with van der Waals surface area (Å²) >= 11 is 1.25. The zero-order valence-corrected chi connectivity index (χ0v) is 20.5. The molecule has 0 atom stereocenters. The number of thiophene rings is 1. The molecule has 1 saturated heterocycles. The van der Waals surface area contributed by atoms with Crippen molar-refractivity contribution < 1.29 is 28.7 Å². The Morgan fingerprint density at radius 2 is 1.85 bits per heavy atom. The molecule has 34 heavy (non-hydrogen) atoms. The second-order valence-electron chi connectivity index (χ2n) is 8.81. The van der Waals surface area contributed by atoms with Gasteiger partial charge in [0.25, 0.3) is 5.91 Å². The van der Waals surface area contributed by atoms with Gasteiger partial charge in [0, 0.05) is 24.0 Å². The van der Waals surface area contributed by atoms with Crippen LogP contribution in [0.15, 0.2) is 30.3 Å². The molecular formula is C23H30N4O6S. The maximum absolute atomic E-state index is 13.1. The first-order chi connectivity index (χ1) is 16.0. The number of methoxy groups -OCH3 is 1. The highest BCUT2D eigenvalue weighted by atomic mass is 32.1. The van der Waals surface area contributed by atoms with Crippen LogP contribution in [0.3, 0.4) is 0 Å². The molecule has 3 rings (SSSR count). The Balaban J connectivity index is 1.64. The molecule has 1 aliphatic heterocycles. The Hall–Kier alpha value is -3.31. The molecule has 1 aliphatic rings. The average Bonchev–Trinajstić information content (AvgIpc) is 3.17. The van der Waals surface area contributed by atoms with Crippen LogP contribution in [-0.2, 0) is 9.57 Å². The van der Waals surface area contributed by atoms with Crippen LogP contribution in [0.25, 0.3) is 10.4 Å². The Bertz CT molecular complexity index is 1040. The smallest absolute Gasteiger partial charge is 0.497 e. The molecule has 0 radical (unpaired) electrons. The largest absolute Gasteiger partial charge is 0.528 e. The van der Waals surface area contributed by atoms with Gasteiger partial charge in [0.05, 0.1) is 12.7 Å². The van der Waals surface area contributed by atoms with Crippen LogP contribution in [0.5, 0.6) is 5.75 Å². The number of anilines is 1. The fourth-order valence-electron chi connectivity index (χ4n) is 3.41. The monoisotopic (exact) mass is 490 g/mol. The minimum atomic E-state index is -0.750. The predicted octanol–water partition coefficient (Wildman–Crippen LogP) is 3.98. The second-order valence-corrected chi connectivity index (χ2v) is 9.86. The lowest BCUT2D eigenvalue weighted by Gasteiger charge is -2.31. The molecule has 2 heterocycles. The summed E-state index contributed by atoms with van der Waals surface area (Å²) in [6.45, 7) is 6.20. The van der Waals surface area contributed by atoms with Crippen molar-refractivity contribution >= 4 is 34.4 Å². The molecule has 4 N–H and O–H groups in total. The van der Waals surface area contributed by atoms with Crippen LogP contribution in [0.2, 0.25) is 0 Å². The lowest BCUT2D eigenvalue weighted by atomic mass is 10.1. The molecular weight excluding hydrogens is 460 g/mol. The fourth-order valence-corrected chi connectivity index (χ4v) is 4.47. The van der Waals surface area contributed by atoms with Crippen molar-refractivity contribution in [3.8, 4) is 16.2 Å². The van der Waals surface area contributed by atoms with Gasteiger partial charge in [-0.1, -0.05) is 12.1 Å². The van der Waals surface area contributed by atoms with E-state index in [0.29, 0.717) is 42.2 Å². The number of piperidine rings is 1. The van der Waals surface area contributed by atoms with Crippen molar-refractivity contribution in [3.63, 3.8) is 0 Å². The summed E-state index contributed by atoms with van der Waals surface area (Å²) < 4.78 is 10.4. The highest BCUT2D eigenvalue weighted by molar-refractivity contribution is 7.20. The topological polar surface area (TPSA) is 132 Å². The van der Waals surface area contributed by atoms with Crippen LogP contribution in [0.4, 0.5) is 14.6 Å². The van der Waals surface area contributed by atoms with Gasteiger partial charge in [-0.15, -0.1) is 16.4 Å². The van der Waals surface area contributed by atoms with E-state index in [1.54, 1.807) is 33.9 Å². The predicted molar refractivity (Wildman–Crippen MR) is 129 cm³/mol. The number of benzene rings is 1. The molecule has 11 heteroatoms. The summed E-state index contributed by atoms with van der Waals surface area (Å²) in [7, 11) is 1.58. The van der Waals surface area contributed by atoms with Crippen LogP contribution in [0, 0.1) is 0 Å². The van der Waals surface area contributed by atoms with Crippen LogP contribution in [0.1, 0.15) is 44.0 Å². The van der Waals surface area contributed by atoms with Crippen molar-refractivity contribution in [1.29, 1.82) is 0 Å². The number of hydrogen-bond donors (Lipinski definition) is 3. The molecule has 1 fully saturated rings. The van der Waals surface area contributed by atoms with E-state index in [4.69, 9.17) is 20.0 Å². The normalized spacial score (nSPS) is 14.8. The zero-order valence-electron chi connectivity index (χ0n) is 19.7. The van der Waals surface area contributed by atoms with Gasteiger partial charge < -0.3 is 25.4 Å². The summed E-state index contributed by atoms with van der Waals surface area (Å²) in [5.74, 6) is 0.363. The minimum absolute atomic E-state index is 0.118. The van der Waals surface area contributed by atoms with E-state index in [1.807, 2.05) is 24.3 Å².